The number of carbonyl (C=O) groups excluding carboxylic acids is 1. The van der Waals surface area contributed by atoms with E-state index < -0.39 is 0 Å². The van der Waals surface area contributed by atoms with Gasteiger partial charge in [-0.3, -0.25) is 9.78 Å². The zero-order chi connectivity index (χ0) is 20.9. The zero-order valence-electron chi connectivity index (χ0n) is 16.4. The Kier molecular flexibility index (Phi) is 5.48. The van der Waals surface area contributed by atoms with Gasteiger partial charge in [0.1, 0.15) is 11.8 Å². The van der Waals surface area contributed by atoms with Crippen molar-refractivity contribution in [3.63, 3.8) is 0 Å². The smallest absolute Gasteiger partial charge is 0.212 e. The summed E-state index contributed by atoms with van der Waals surface area (Å²) in [5.41, 5.74) is 3.49. The van der Waals surface area contributed by atoms with Crippen molar-refractivity contribution in [3.8, 4) is 17.3 Å². The molecule has 1 amide bonds. The number of fused-ring (bicyclic) bond motifs is 4. The summed E-state index contributed by atoms with van der Waals surface area (Å²) in [5.74, 6) is 1.51. The summed E-state index contributed by atoms with van der Waals surface area (Å²) in [6.45, 7) is 2.21. The molecule has 0 spiro atoms. The molecule has 2 bridgehead atoms. The standard InChI is InChI=1S/C16H15N5.C5H5N3O/c1-20-13-6-7-21(10-13)15-5-4-14(19-16(15)20)11-2-3-12(8-17)18-9-11;9-4-8-5-3-6-1-2-7-5/h2-5,9,13H,6-7,10H2,1H3;1-4H,(H,7,8,9). The summed E-state index contributed by atoms with van der Waals surface area (Å²) in [4.78, 5) is 30.9. The van der Waals surface area contributed by atoms with E-state index in [9.17, 15) is 4.79 Å². The average Bonchev–Trinajstić information content (AvgIpc) is 3.25. The second-order valence-corrected chi connectivity index (χ2v) is 6.94. The highest BCUT2D eigenvalue weighted by molar-refractivity contribution is 5.75. The molecule has 0 radical (unpaired) electrons. The summed E-state index contributed by atoms with van der Waals surface area (Å²) in [7, 11) is 2.12. The Bertz CT molecular complexity index is 1060. The highest BCUT2D eigenvalue weighted by Gasteiger charge is 2.34. The molecular weight excluding hydrogens is 380 g/mol. The Balaban J connectivity index is 0.000000204. The van der Waals surface area contributed by atoms with Crippen LogP contribution in [0.4, 0.5) is 17.3 Å². The van der Waals surface area contributed by atoms with Crippen LogP contribution >= 0.6 is 0 Å². The Morgan fingerprint density at radius 3 is 2.80 bits per heavy atom. The Hall–Kier alpha value is -4.06. The lowest BCUT2D eigenvalue weighted by Crippen LogP contribution is -2.40. The van der Waals surface area contributed by atoms with Gasteiger partial charge >= 0.3 is 0 Å². The first-order chi connectivity index (χ1) is 14.7. The fourth-order valence-electron chi connectivity index (χ4n) is 3.60. The van der Waals surface area contributed by atoms with Crippen LogP contribution in [0.2, 0.25) is 0 Å². The lowest BCUT2D eigenvalue weighted by atomic mass is 10.1. The predicted octanol–water partition coefficient (Wildman–Crippen LogP) is 2.09. The summed E-state index contributed by atoms with van der Waals surface area (Å²) in [6, 6.07) is 10.4. The normalized spacial score (nSPS) is 16.1. The number of hydrogen-bond donors (Lipinski definition) is 1. The topological polar surface area (TPSA) is 111 Å². The van der Waals surface area contributed by atoms with Gasteiger partial charge in [-0.2, -0.15) is 5.26 Å². The second kappa shape index (κ2) is 8.53. The summed E-state index contributed by atoms with van der Waals surface area (Å²) in [6.07, 6.45) is 7.98. The van der Waals surface area contributed by atoms with Crippen molar-refractivity contribution in [2.24, 2.45) is 0 Å². The zero-order valence-corrected chi connectivity index (χ0v) is 16.4. The van der Waals surface area contributed by atoms with Crippen LogP contribution in [0.5, 0.6) is 0 Å². The number of anilines is 3. The average molecular weight is 400 g/mol. The van der Waals surface area contributed by atoms with Gasteiger partial charge in [0.25, 0.3) is 0 Å². The molecule has 30 heavy (non-hydrogen) atoms. The molecule has 0 aromatic carbocycles. The molecule has 1 N–H and O–H groups in total. The van der Waals surface area contributed by atoms with Crippen molar-refractivity contribution in [3.05, 3.63) is 54.7 Å². The van der Waals surface area contributed by atoms with E-state index in [1.165, 1.54) is 30.7 Å². The van der Waals surface area contributed by atoms with Crippen molar-refractivity contribution in [1.82, 2.24) is 19.9 Å². The van der Waals surface area contributed by atoms with Gasteiger partial charge in [-0.05, 0) is 30.7 Å². The minimum atomic E-state index is 0.429. The Morgan fingerprint density at radius 2 is 2.10 bits per heavy atom. The second-order valence-electron chi connectivity index (χ2n) is 6.94. The molecule has 5 rings (SSSR count). The number of rotatable bonds is 3. The first kappa shape index (κ1) is 19.3. The first-order valence-electron chi connectivity index (χ1n) is 9.51. The molecule has 9 heteroatoms. The van der Waals surface area contributed by atoms with Crippen molar-refractivity contribution >= 4 is 23.7 Å². The molecule has 3 aromatic rings. The fraction of sp³-hybridized carbons (Fsp3) is 0.238. The molecule has 9 nitrogen and oxygen atoms in total. The molecule has 1 unspecified atom stereocenters. The molecule has 1 atom stereocenters. The SMILES string of the molecule is CN1c2nc(-c3ccc(C#N)nc3)ccc2N2CCC1C2.O=CNc1cnccn1. The van der Waals surface area contributed by atoms with Crippen LogP contribution in [0.15, 0.2) is 49.1 Å². The maximum Gasteiger partial charge on any atom is 0.212 e. The van der Waals surface area contributed by atoms with Gasteiger partial charge < -0.3 is 15.1 Å². The molecule has 0 saturated carbocycles. The quantitative estimate of drug-likeness (QED) is 0.666. The largest absolute Gasteiger partial charge is 0.366 e. The molecule has 3 aromatic heterocycles. The van der Waals surface area contributed by atoms with E-state index in [0.29, 0.717) is 24.0 Å². The maximum atomic E-state index is 9.80. The molecule has 1 fully saturated rings. The molecule has 150 valence electrons. The third kappa shape index (κ3) is 3.89. The minimum Gasteiger partial charge on any atom is -0.366 e. The van der Waals surface area contributed by atoms with E-state index in [1.54, 1.807) is 12.3 Å². The highest BCUT2D eigenvalue weighted by atomic mass is 16.1. The lowest BCUT2D eigenvalue weighted by Gasteiger charge is -2.34. The number of aromatic nitrogens is 4. The van der Waals surface area contributed by atoms with E-state index in [-0.39, 0.29) is 0 Å². The number of hydrogen-bond acceptors (Lipinski definition) is 8. The number of nitrogens with one attached hydrogen (secondary N) is 1. The Morgan fingerprint density at radius 1 is 1.20 bits per heavy atom. The van der Waals surface area contributed by atoms with Gasteiger partial charge in [-0.15, -0.1) is 0 Å². The first-order valence-corrected chi connectivity index (χ1v) is 9.51. The van der Waals surface area contributed by atoms with E-state index in [2.05, 4.69) is 43.2 Å². The molecule has 2 aliphatic rings. The van der Waals surface area contributed by atoms with Crippen molar-refractivity contribution in [2.75, 3.05) is 35.3 Å². The van der Waals surface area contributed by atoms with Gasteiger partial charge in [0.05, 0.1) is 17.6 Å². The molecule has 5 heterocycles. The minimum absolute atomic E-state index is 0.429. The van der Waals surface area contributed by atoms with Crippen LogP contribution in [0.1, 0.15) is 12.1 Å². The number of pyridine rings is 2. The highest BCUT2D eigenvalue weighted by Crippen LogP contribution is 2.38. The van der Waals surface area contributed by atoms with E-state index in [0.717, 1.165) is 30.2 Å². The van der Waals surface area contributed by atoms with Crippen molar-refractivity contribution in [2.45, 2.75) is 12.5 Å². The Labute approximate surface area is 174 Å². The number of amides is 1. The maximum absolute atomic E-state index is 9.80. The van der Waals surface area contributed by atoms with Gasteiger partial charge in [0, 0.05) is 50.3 Å². The lowest BCUT2D eigenvalue weighted by molar-refractivity contribution is -0.105. The van der Waals surface area contributed by atoms with Crippen molar-refractivity contribution < 1.29 is 4.79 Å². The van der Waals surface area contributed by atoms with Gasteiger partial charge in [0.2, 0.25) is 6.41 Å². The van der Waals surface area contributed by atoms with Crippen LogP contribution in [0, 0.1) is 11.3 Å². The molecule has 0 aliphatic carbocycles. The summed E-state index contributed by atoms with van der Waals surface area (Å²) < 4.78 is 0. The summed E-state index contributed by atoms with van der Waals surface area (Å²) in [5, 5.41) is 11.2. The third-order valence-electron chi connectivity index (χ3n) is 5.18. The third-order valence-corrected chi connectivity index (χ3v) is 5.18. The number of nitrogens with zero attached hydrogens (tertiary/aromatic N) is 7. The molecular formula is C21H20N8O. The van der Waals surface area contributed by atoms with Gasteiger partial charge in [-0.1, -0.05) is 0 Å². The molecule has 1 saturated heterocycles. The summed E-state index contributed by atoms with van der Waals surface area (Å²) >= 11 is 0. The van der Waals surface area contributed by atoms with Crippen LogP contribution in [-0.2, 0) is 4.79 Å². The molecule has 2 aliphatic heterocycles. The van der Waals surface area contributed by atoms with Gasteiger partial charge in [-0.25, -0.2) is 15.0 Å². The van der Waals surface area contributed by atoms with Gasteiger partial charge in [0.15, 0.2) is 11.6 Å². The van der Waals surface area contributed by atoms with Crippen molar-refractivity contribution in [1.29, 1.82) is 5.26 Å². The van der Waals surface area contributed by atoms with Crippen LogP contribution in [0.25, 0.3) is 11.3 Å². The van der Waals surface area contributed by atoms with Crippen LogP contribution in [-0.4, -0.2) is 52.5 Å². The predicted molar refractivity (Wildman–Crippen MR) is 113 cm³/mol. The fourth-order valence-corrected chi connectivity index (χ4v) is 3.60. The number of nitriles is 1. The number of carbonyl (C=O) groups is 1. The van der Waals surface area contributed by atoms with E-state index in [4.69, 9.17) is 10.2 Å². The van der Waals surface area contributed by atoms with Crippen LogP contribution in [0.3, 0.4) is 0 Å². The number of likely N-dealkylation sites (N-methyl/N-ethyl adjacent to an activating group) is 1. The monoisotopic (exact) mass is 400 g/mol. The van der Waals surface area contributed by atoms with E-state index >= 15 is 0 Å². The van der Waals surface area contributed by atoms with Crippen LogP contribution < -0.4 is 15.1 Å². The van der Waals surface area contributed by atoms with E-state index in [1.807, 2.05) is 18.2 Å².